The van der Waals surface area contributed by atoms with Crippen LogP contribution in [0.2, 0.25) is 0 Å². The second-order valence-corrected chi connectivity index (χ2v) is 6.53. The van der Waals surface area contributed by atoms with Crippen LogP contribution in [-0.2, 0) is 10.0 Å². The van der Waals surface area contributed by atoms with Crippen molar-refractivity contribution >= 4 is 38.4 Å². The van der Waals surface area contributed by atoms with Gasteiger partial charge in [-0.1, -0.05) is 0 Å². The number of rotatable bonds is 3. The Balaban J connectivity index is 2.43. The van der Waals surface area contributed by atoms with Gasteiger partial charge in [0.1, 0.15) is 23.3 Å². The fraction of sp³-hybridized carbons (Fsp3) is 0. The standard InChI is InChI=1S/C11H6F3IN2O2S/c12-6-3-8(13)11(9(14)4-6)20(18,19)17-10-2-1-7(15)5-16-10/h1-5H,(H,16,17). The number of sulfonamides is 1. The molecule has 1 aromatic carbocycles. The van der Waals surface area contributed by atoms with Crippen molar-refractivity contribution in [3.63, 3.8) is 0 Å². The van der Waals surface area contributed by atoms with Crippen LogP contribution in [0.4, 0.5) is 19.0 Å². The smallest absolute Gasteiger partial charge is 0.263 e. The summed E-state index contributed by atoms with van der Waals surface area (Å²) in [5, 5.41) is 0. The highest BCUT2D eigenvalue weighted by atomic mass is 127. The van der Waals surface area contributed by atoms with Crippen LogP contribution in [-0.4, -0.2) is 13.4 Å². The molecule has 4 nitrogen and oxygen atoms in total. The topological polar surface area (TPSA) is 59.1 Å². The SMILES string of the molecule is O=S(=O)(Nc1ccc(I)cn1)c1c(F)cc(F)cc1F. The highest BCUT2D eigenvalue weighted by Gasteiger charge is 2.25. The number of benzene rings is 1. The number of nitrogens with one attached hydrogen (secondary N) is 1. The summed E-state index contributed by atoms with van der Waals surface area (Å²) in [6.07, 6.45) is 1.37. The number of nitrogens with zero attached hydrogens (tertiary/aromatic N) is 1. The van der Waals surface area contributed by atoms with E-state index in [2.05, 4.69) is 4.98 Å². The first-order chi connectivity index (χ1) is 9.29. The Morgan fingerprint density at radius 2 is 1.70 bits per heavy atom. The summed E-state index contributed by atoms with van der Waals surface area (Å²) in [4.78, 5) is 2.50. The lowest BCUT2D eigenvalue weighted by Gasteiger charge is -2.09. The van der Waals surface area contributed by atoms with Gasteiger partial charge in [-0.05, 0) is 34.7 Å². The third-order valence-electron chi connectivity index (χ3n) is 2.20. The molecule has 1 N–H and O–H groups in total. The molecule has 0 aliphatic rings. The first kappa shape index (κ1) is 15.0. The van der Waals surface area contributed by atoms with E-state index in [-0.39, 0.29) is 5.82 Å². The molecule has 0 amide bonds. The summed E-state index contributed by atoms with van der Waals surface area (Å²) in [6.45, 7) is 0. The van der Waals surface area contributed by atoms with Gasteiger partial charge in [0.2, 0.25) is 0 Å². The molecule has 9 heteroatoms. The predicted molar refractivity (Wildman–Crippen MR) is 74.1 cm³/mol. The van der Waals surface area contributed by atoms with Gasteiger partial charge in [0.05, 0.1) is 0 Å². The second kappa shape index (κ2) is 5.56. The van der Waals surface area contributed by atoms with Crippen molar-refractivity contribution in [3.05, 3.63) is 51.5 Å². The quantitative estimate of drug-likeness (QED) is 0.787. The molecule has 106 valence electrons. The van der Waals surface area contributed by atoms with Crippen LogP contribution in [0.1, 0.15) is 0 Å². The Morgan fingerprint density at radius 1 is 1.10 bits per heavy atom. The number of pyridine rings is 1. The van der Waals surface area contributed by atoms with Crippen molar-refractivity contribution < 1.29 is 21.6 Å². The maximum absolute atomic E-state index is 13.5. The van der Waals surface area contributed by atoms with Crippen LogP contribution in [0, 0.1) is 21.0 Å². The van der Waals surface area contributed by atoms with E-state index in [0.29, 0.717) is 12.1 Å². The van der Waals surface area contributed by atoms with E-state index in [1.165, 1.54) is 12.3 Å². The van der Waals surface area contributed by atoms with Crippen molar-refractivity contribution in [2.24, 2.45) is 0 Å². The summed E-state index contributed by atoms with van der Waals surface area (Å²) in [6, 6.07) is 3.47. The zero-order valence-electron chi connectivity index (χ0n) is 9.57. The molecule has 0 saturated heterocycles. The van der Waals surface area contributed by atoms with Gasteiger partial charge in [0.15, 0.2) is 4.90 Å². The summed E-state index contributed by atoms with van der Waals surface area (Å²) < 4.78 is 66.1. The monoisotopic (exact) mass is 414 g/mol. The van der Waals surface area contributed by atoms with Crippen molar-refractivity contribution in [1.82, 2.24) is 4.98 Å². The molecule has 1 heterocycles. The number of halogens is 4. The fourth-order valence-electron chi connectivity index (χ4n) is 1.41. The minimum Gasteiger partial charge on any atom is -0.263 e. The van der Waals surface area contributed by atoms with Gasteiger partial charge in [-0.25, -0.2) is 26.6 Å². The van der Waals surface area contributed by atoms with Crippen molar-refractivity contribution in [3.8, 4) is 0 Å². The van der Waals surface area contributed by atoms with Crippen LogP contribution in [0.3, 0.4) is 0 Å². The average molecular weight is 414 g/mol. The maximum atomic E-state index is 13.5. The zero-order valence-corrected chi connectivity index (χ0v) is 12.5. The van der Waals surface area contributed by atoms with Gasteiger partial charge in [-0.15, -0.1) is 0 Å². The molecule has 2 rings (SSSR count). The van der Waals surface area contributed by atoms with Gasteiger partial charge in [0, 0.05) is 21.9 Å². The van der Waals surface area contributed by atoms with Gasteiger partial charge in [-0.2, -0.15) is 0 Å². The molecule has 1 aromatic heterocycles. The molecule has 0 saturated carbocycles. The first-order valence-corrected chi connectivity index (χ1v) is 7.65. The van der Waals surface area contributed by atoms with E-state index in [1.54, 1.807) is 6.07 Å². The van der Waals surface area contributed by atoms with Gasteiger partial charge in [-0.3, -0.25) is 4.72 Å². The highest BCUT2D eigenvalue weighted by molar-refractivity contribution is 14.1. The van der Waals surface area contributed by atoms with Crippen LogP contribution in [0.15, 0.2) is 35.4 Å². The van der Waals surface area contributed by atoms with Crippen LogP contribution >= 0.6 is 22.6 Å². The van der Waals surface area contributed by atoms with Gasteiger partial charge < -0.3 is 0 Å². The fourth-order valence-corrected chi connectivity index (χ4v) is 2.86. The average Bonchev–Trinajstić information content (AvgIpc) is 2.30. The third kappa shape index (κ3) is 3.20. The van der Waals surface area contributed by atoms with E-state index in [1.807, 2.05) is 27.3 Å². The Kier molecular flexibility index (Phi) is 4.18. The number of hydrogen-bond acceptors (Lipinski definition) is 3. The Labute approximate surface area is 126 Å². The summed E-state index contributed by atoms with van der Waals surface area (Å²) >= 11 is 1.96. The minimum atomic E-state index is -4.54. The van der Waals surface area contributed by atoms with E-state index in [4.69, 9.17) is 0 Å². The number of anilines is 1. The molecule has 0 aliphatic heterocycles. The van der Waals surface area contributed by atoms with E-state index < -0.39 is 32.4 Å². The van der Waals surface area contributed by atoms with E-state index in [9.17, 15) is 21.6 Å². The molecule has 2 aromatic rings. The van der Waals surface area contributed by atoms with Gasteiger partial charge >= 0.3 is 0 Å². The predicted octanol–water partition coefficient (Wildman–Crippen LogP) is 2.90. The normalized spacial score (nSPS) is 11.4. The summed E-state index contributed by atoms with van der Waals surface area (Å²) in [5.74, 6) is -4.33. The van der Waals surface area contributed by atoms with Crippen LogP contribution < -0.4 is 4.72 Å². The lowest BCUT2D eigenvalue weighted by Crippen LogP contribution is -2.17. The third-order valence-corrected chi connectivity index (χ3v) is 4.24. The molecule has 0 aliphatic carbocycles. The molecule has 0 atom stereocenters. The molecular formula is C11H6F3IN2O2S. The Morgan fingerprint density at radius 3 is 2.20 bits per heavy atom. The van der Waals surface area contributed by atoms with Crippen LogP contribution in [0.25, 0.3) is 0 Å². The number of aromatic nitrogens is 1. The molecule has 20 heavy (non-hydrogen) atoms. The lowest BCUT2D eigenvalue weighted by molar-refractivity contribution is 0.498. The Hall–Kier alpha value is -1.36. The summed E-state index contributed by atoms with van der Waals surface area (Å²) in [7, 11) is -4.54. The van der Waals surface area contributed by atoms with Crippen molar-refractivity contribution in [2.75, 3.05) is 4.72 Å². The van der Waals surface area contributed by atoms with Crippen molar-refractivity contribution in [2.45, 2.75) is 4.90 Å². The Bertz CT molecular complexity index is 728. The second-order valence-electron chi connectivity index (χ2n) is 3.67. The molecular weight excluding hydrogens is 408 g/mol. The highest BCUT2D eigenvalue weighted by Crippen LogP contribution is 2.22. The van der Waals surface area contributed by atoms with Gasteiger partial charge in [0.25, 0.3) is 10.0 Å². The molecule has 0 spiro atoms. The van der Waals surface area contributed by atoms with E-state index >= 15 is 0 Å². The van der Waals surface area contributed by atoms with Crippen molar-refractivity contribution in [1.29, 1.82) is 0 Å². The van der Waals surface area contributed by atoms with E-state index in [0.717, 1.165) is 3.57 Å². The first-order valence-electron chi connectivity index (χ1n) is 5.08. The van der Waals surface area contributed by atoms with Crippen LogP contribution in [0.5, 0.6) is 0 Å². The largest absolute Gasteiger partial charge is 0.268 e. The minimum absolute atomic E-state index is 0.103. The molecule has 0 unspecified atom stereocenters. The molecule has 0 bridgehead atoms. The number of hydrogen-bond donors (Lipinski definition) is 1. The maximum Gasteiger partial charge on any atom is 0.268 e. The summed E-state index contributed by atoms with van der Waals surface area (Å²) in [5.41, 5.74) is 0. The zero-order chi connectivity index (χ0) is 14.9. The molecule has 0 radical (unpaired) electrons. The molecule has 0 fully saturated rings. The lowest BCUT2D eigenvalue weighted by atomic mass is 10.3.